The Kier molecular flexibility index (Phi) is 4.76. The maximum Gasteiger partial charge on any atom is 0.182 e. The Morgan fingerprint density at radius 1 is 0.900 bits per heavy atom. The van der Waals surface area contributed by atoms with E-state index in [4.69, 9.17) is 28.2 Å². The molecule has 144 valence electrons. The molecular formula is C23H12Cl2N4S. The molecule has 1 N–H and O–H groups in total. The number of halogens is 2. The van der Waals surface area contributed by atoms with Gasteiger partial charge in [-0.1, -0.05) is 53.5 Å². The Labute approximate surface area is 186 Å². The molecule has 0 saturated carbocycles. The van der Waals surface area contributed by atoms with E-state index in [1.165, 1.54) is 0 Å². The Morgan fingerprint density at radius 2 is 1.57 bits per heavy atom. The van der Waals surface area contributed by atoms with Crippen LogP contribution in [0, 0.1) is 11.3 Å². The lowest BCUT2D eigenvalue weighted by Crippen LogP contribution is -1.95. The largest absolute Gasteiger partial charge is 0.275 e. The monoisotopic (exact) mass is 446 g/mol. The highest BCUT2D eigenvalue weighted by Crippen LogP contribution is 2.42. The fraction of sp³-hybridized carbons (Fsp3) is 0. The number of fused-ring (bicyclic) bond motifs is 1. The average Bonchev–Trinajstić information content (AvgIpc) is 3.44. The lowest BCUT2D eigenvalue weighted by molar-refractivity contribution is 1.10. The molecule has 0 aliphatic carbocycles. The summed E-state index contributed by atoms with van der Waals surface area (Å²) in [6, 6.07) is 21.2. The van der Waals surface area contributed by atoms with Gasteiger partial charge in [0.25, 0.3) is 0 Å². The topological polar surface area (TPSA) is 65.4 Å². The van der Waals surface area contributed by atoms with Gasteiger partial charge in [-0.25, -0.2) is 4.98 Å². The van der Waals surface area contributed by atoms with Gasteiger partial charge in [0.05, 0.1) is 22.3 Å². The summed E-state index contributed by atoms with van der Waals surface area (Å²) < 4.78 is 0. The van der Waals surface area contributed by atoms with Gasteiger partial charge in [0.1, 0.15) is 6.07 Å². The Balaban J connectivity index is 1.87. The minimum Gasteiger partial charge on any atom is -0.275 e. The number of benzene rings is 2. The zero-order valence-electron chi connectivity index (χ0n) is 15.4. The van der Waals surface area contributed by atoms with Gasteiger partial charge in [-0.3, -0.25) is 5.10 Å². The van der Waals surface area contributed by atoms with Crippen molar-refractivity contribution < 1.29 is 0 Å². The van der Waals surface area contributed by atoms with Crippen molar-refractivity contribution in [2.24, 2.45) is 0 Å². The van der Waals surface area contributed by atoms with Crippen LogP contribution in [0.25, 0.3) is 44.0 Å². The molecule has 0 spiro atoms. The van der Waals surface area contributed by atoms with Gasteiger partial charge in [-0.15, -0.1) is 11.3 Å². The van der Waals surface area contributed by atoms with Gasteiger partial charge >= 0.3 is 0 Å². The van der Waals surface area contributed by atoms with E-state index in [0.717, 1.165) is 32.6 Å². The van der Waals surface area contributed by atoms with Crippen LogP contribution in [0.5, 0.6) is 0 Å². The minimum absolute atomic E-state index is 0.504. The van der Waals surface area contributed by atoms with E-state index in [1.54, 1.807) is 23.5 Å². The second kappa shape index (κ2) is 7.58. The number of nitrogens with zero attached hydrogens (tertiary/aromatic N) is 3. The first kappa shape index (κ1) is 18.8. The summed E-state index contributed by atoms with van der Waals surface area (Å²) in [6.45, 7) is 0. The van der Waals surface area contributed by atoms with Crippen molar-refractivity contribution in [1.82, 2.24) is 15.2 Å². The summed E-state index contributed by atoms with van der Waals surface area (Å²) in [4.78, 5) is 5.73. The van der Waals surface area contributed by atoms with Crippen LogP contribution in [0.1, 0.15) is 5.56 Å². The van der Waals surface area contributed by atoms with E-state index >= 15 is 0 Å². The van der Waals surface area contributed by atoms with Crippen molar-refractivity contribution in [3.05, 3.63) is 81.7 Å². The number of aromatic nitrogens is 3. The smallest absolute Gasteiger partial charge is 0.182 e. The number of pyridine rings is 1. The molecule has 0 atom stereocenters. The SMILES string of the molecule is N#Cc1c(-c2ccc(Cl)cc2)nc2n[nH]c(-c3ccc(Cl)cc3)c2c1-c1cccs1. The maximum atomic E-state index is 10.1. The highest BCUT2D eigenvalue weighted by atomic mass is 35.5. The summed E-state index contributed by atoms with van der Waals surface area (Å²) in [7, 11) is 0. The second-order valence-electron chi connectivity index (χ2n) is 6.61. The molecule has 0 saturated heterocycles. The van der Waals surface area contributed by atoms with Crippen LogP contribution >= 0.6 is 34.5 Å². The first-order chi connectivity index (χ1) is 14.7. The van der Waals surface area contributed by atoms with E-state index in [-0.39, 0.29) is 0 Å². The van der Waals surface area contributed by atoms with E-state index in [1.807, 2.05) is 53.9 Å². The van der Waals surface area contributed by atoms with E-state index in [0.29, 0.717) is 26.9 Å². The molecule has 4 nitrogen and oxygen atoms in total. The van der Waals surface area contributed by atoms with Crippen molar-refractivity contribution >= 4 is 45.6 Å². The number of aromatic amines is 1. The van der Waals surface area contributed by atoms with Crippen molar-refractivity contribution in [1.29, 1.82) is 5.26 Å². The van der Waals surface area contributed by atoms with Crippen LogP contribution in [0.2, 0.25) is 10.0 Å². The average molecular weight is 447 g/mol. The number of H-pyrrole nitrogens is 1. The molecule has 2 aromatic carbocycles. The number of thiophene rings is 1. The van der Waals surface area contributed by atoms with Crippen LogP contribution in [-0.2, 0) is 0 Å². The molecule has 3 aromatic heterocycles. The van der Waals surface area contributed by atoms with Crippen LogP contribution in [0.15, 0.2) is 66.0 Å². The van der Waals surface area contributed by atoms with E-state index in [2.05, 4.69) is 16.3 Å². The predicted octanol–water partition coefficient (Wildman–Crippen LogP) is 7.20. The Hall–Kier alpha value is -3.17. The summed E-state index contributed by atoms with van der Waals surface area (Å²) >= 11 is 13.7. The third-order valence-electron chi connectivity index (χ3n) is 4.83. The van der Waals surface area contributed by atoms with Gasteiger partial charge in [0, 0.05) is 31.6 Å². The molecule has 0 aliphatic rings. The number of nitriles is 1. The maximum absolute atomic E-state index is 10.1. The van der Waals surface area contributed by atoms with Crippen LogP contribution in [0.3, 0.4) is 0 Å². The zero-order valence-corrected chi connectivity index (χ0v) is 17.7. The predicted molar refractivity (Wildman–Crippen MR) is 123 cm³/mol. The number of nitrogens with one attached hydrogen (secondary N) is 1. The standard InChI is InChI=1S/C23H12Cl2N4S/c24-15-7-3-13(4-8-15)21-17(12-26)19(18-2-1-11-30-18)20-22(28-29-23(20)27-21)14-5-9-16(25)10-6-14/h1-11H,(H,27,28,29). The lowest BCUT2D eigenvalue weighted by atomic mass is 9.96. The molecular weight excluding hydrogens is 435 g/mol. The Morgan fingerprint density at radius 3 is 2.17 bits per heavy atom. The fourth-order valence-electron chi connectivity index (χ4n) is 3.47. The van der Waals surface area contributed by atoms with Gasteiger partial charge in [0.2, 0.25) is 0 Å². The highest BCUT2D eigenvalue weighted by molar-refractivity contribution is 7.13. The second-order valence-corrected chi connectivity index (χ2v) is 8.43. The van der Waals surface area contributed by atoms with Gasteiger partial charge in [-0.05, 0) is 35.7 Å². The molecule has 7 heteroatoms. The summed E-state index contributed by atoms with van der Waals surface area (Å²) in [5.41, 5.74) is 4.99. The first-order valence-electron chi connectivity index (χ1n) is 9.03. The van der Waals surface area contributed by atoms with Gasteiger partial charge < -0.3 is 0 Å². The molecule has 3 heterocycles. The first-order valence-corrected chi connectivity index (χ1v) is 10.7. The van der Waals surface area contributed by atoms with Crippen LogP contribution in [-0.4, -0.2) is 15.2 Å². The molecule has 5 aromatic rings. The third kappa shape index (κ3) is 3.16. The van der Waals surface area contributed by atoms with Gasteiger partial charge in [-0.2, -0.15) is 10.4 Å². The molecule has 0 bridgehead atoms. The minimum atomic E-state index is 0.504. The van der Waals surface area contributed by atoms with Crippen molar-refractivity contribution in [2.75, 3.05) is 0 Å². The molecule has 0 fully saturated rings. The van der Waals surface area contributed by atoms with Crippen LogP contribution < -0.4 is 0 Å². The van der Waals surface area contributed by atoms with E-state index in [9.17, 15) is 5.26 Å². The van der Waals surface area contributed by atoms with E-state index < -0.39 is 0 Å². The molecule has 5 rings (SSSR count). The van der Waals surface area contributed by atoms with Crippen molar-refractivity contribution in [3.8, 4) is 39.0 Å². The fourth-order valence-corrected chi connectivity index (χ4v) is 4.51. The number of rotatable bonds is 3. The third-order valence-corrected chi connectivity index (χ3v) is 6.22. The molecule has 0 aliphatic heterocycles. The highest BCUT2D eigenvalue weighted by Gasteiger charge is 2.23. The normalized spacial score (nSPS) is 11.0. The number of hydrogen-bond donors (Lipinski definition) is 1. The summed E-state index contributed by atoms with van der Waals surface area (Å²) in [6.07, 6.45) is 0. The molecule has 30 heavy (non-hydrogen) atoms. The quantitative estimate of drug-likeness (QED) is 0.318. The van der Waals surface area contributed by atoms with Crippen molar-refractivity contribution in [2.45, 2.75) is 0 Å². The molecule has 0 radical (unpaired) electrons. The summed E-state index contributed by atoms with van der Waals surface area (Å²) in [5, 5.41) is 21.8. The zero-order chi connectivity index (χ0) is 20.7. The van der Waals surface area contributed by atoms with Crippen LogP contribution in [0.4, 0.5) is 0 Å². The molecule has 0 unspecified atom stereocenters. The molecule has 0 amide bonds. The summed E-state index contributed by atoms with van der Waals surface area (Å²) in [5.74, 6) is 0. The number of hydrogen-bond acceptors (Lipinski definition) is 4. The lowest BCUT2D eigenvalue weighted by Gasteiger charge is -2.11. The van der Waals surface area contributed by atoms with Crippen molar-refractivity contribution in [3.63, 3.8) is 0 Å². The Bertz CT molecular complexity index is 1400. The van der Waals surface area contributed by atoms with Gasteiger partial charge in [0.15, 0.2) is 5.65 Å².